The van der Waals surface area contributed by atoms with Gasteiger partial charge in [0, 0.05) is 17.8 Å². The van der Waals surface area contributed by atoms with E-state index < -0.39 is 29.6 Å². The van der Waals surface area contributed by atoms with Gasteiger partial charge in [-0.2, -0.15) is 0 Å². The van der Waals surface area contributed by atoms with Crippen LogP contribution in [0.15, 0.2) is 24.3 Å². The zero-order valence-corrected chi connectivity index (χ0v) is 9.61. The SMILES string of the molecule is NC(OCC(=O)O)C(=O)Nc1ccc([N+](=O)[O-])cc1. The Morgan fingerprint density at radius 1 is 1.42 bits per heavy atom. The summed E-state index contributed by atoms with van der Waals surface area (Å²) in [4.78, 5) is 31.5. The van der Waals surface area contributed by atoms with Crippen LogP contribution in [0, 0.1) is 10.1 Å². The van der Waals surface area contributed by atoms with Crippen LogP contribution in [0.4, 0.5) is 11.4 Å². The molecule has 0 fully saturated rings. The van der Waals surface area contributed by atoms with Gasteiger partial charge in [0.15, 0.2) is 6.23 Å². The number of carbonyl (C=O) groups excluding carboxylic acids is 1. The van der Waals surface area contributed by atoms with E-state index in [1.165, 1.54) is 24.3 Å². The summed E-state index contributed by atoms with van der Waals surface area (Å²) in [5.74, 6) is -2.01. The van der Waals surface area contributed by atoms with Crippen molar-refractivity contribution < 1.29 is 24.4 Å². The maximum absolute atomic E-state index is 11.5. The molecule has 1 atom stereocenters. The average Bonchev–Trinajstić information content (AvgIpc) is 2.36. The summed E-state index contributed by atoms with van der Waals surface area (Å²) < 4.78 is 4.56. The van der Waals surface area contributed by atoms with Crippen LogP contribution >= 0.6 is 0 Å². The number of nitro benzene ring substituents is 1. The second kappa shape index (κ2) is 6.42. The van der Waals surface area contributed by atoms with Crippen molar-refractivity contribution in [3.63, 3.8) is 0 Å². The molecule has 9 nitrogen and oxygen atoms in total. The number of hydrogen-bond acceptors (Lipinski definition) is 6. The minimum absolute atomic E-state index is 0.121. The Hall–Kier alpha value is -2.52. The number of carbonyl (C=O) groups is 2. The molecule has 1 aromatic carbocycles. The smallest absolute Gasteiger partial charge is 0.329 e. The predicted molar refractivity (Wildman–Crippen MR) is 63.3 cm³/mol. The molecule has 1 unspecified atom stereocenters. The van der Waals surface area contributed by atoms with Crippen LogP contribution in [0.5, 0.6) is 0 Å². The highest BCUT2D eigenvalue weighted by Gasteiger charge is 2.15. The molecule has 0 aliphatic rings. The van der Waals surface area contributed by atoms with Crippen molar-refractivity contribution in [1.82, 2.24) is 0 Å². The van der Waals surface area contributed by atoms with Gasteiger partial charge in [-0.25, -0.2) is 4.79 Å². The van der Waals surface area contributed by atoms with E-state index in [0.717, 1.165) is 0 Å². The molecule has 9 heteroatoms. The highest BCUT2D eigenvalue weighted by atomic mass is 16.6. The average molecular weight is 269 g/mol. The Morgan fingerprint density at radius 3 is 2.47 bits per heavy atom. The molecule has 0 heterocycles. The number of amides is 1. The summed E-state index contributed by atoms with van der Waals surface area (Å²) in [7, 11) is 0. The van der Waals surface area contributed by atoms with E-state index in [1.54, 1.807) is 0 Å². The lowest BCUT2D eigenvalue weighted by Gasteiger charge is -2.11. The fraction of sp³-hybridized carbons (Fsp3) is 0.200. The summed E-state index contributed by atoms with van der Waals surface area (Å²) in [6.45, 7) is -0.700. The Kier molecular flexibility index (Phi) is 4.92. The number of carboxylic acid groups (broad SMARTS) is 1. The van der Waals surface area contributed by atoms with Gasteiger partial charge in [-0.3, -0.25) is 20.6 Å². The molecule has 4 N–H and O–H groups in total. The Balaban J connectivity index is 2.56. The maximum atomic E-state index is 11.5. The number of nitrogens with zero attached hydrogens (tertiary/aromatic N) is 1. The molecule has 0 aliphatic heterocycles. The van der Waals surface area contributed by atoms with Gasteiger partial charge in [0.25, 0.3) is 11.6 Å². The third-order valence-corrected chi connectivity index (χ3v) is 1.99. The van der Waals surface area contributed by atoms with Gasteiger partial charge in [-0.1, -0.05) is 0 Å². The first-order chi connectivity index (χ1) is 8.90. The van der Waals surface area contributed by atoms with E-state index in [1.807, 2.05) is 0 Å². The standard InChI is InChI=1S/C10H11N3O6/c11-9(19-5-8(14)15)10(16)12-6-1-3-7(4-2-6)13(17)18/h1-4,9H,5,11H2,(H,12,16)(H,14,15). The third kappa shape index (κ3) is 4.69. The summed E-state index contributed by atoms with van der Waals surface area (Å²) in [5.41, 5.74) is 5.45. The molecule has 0 aromatic heterocycles. The lowest BCUT2D eigenvalue weighted by Crippen LogP contribution is -2.39. The molecular weight excluding hydrogens is 258 g/mol. The van der Waals surface area contributed by atoms with Gasteiger partial charge in [-0.05, 0) is 12.1 Å². The fourth-order valence-electron chi connectivity index (χ4n) is 1.12. The quantitative estimate of drug-likeness (QED) is 0.372. The van der Waals surface area contributed by atoms with Crippen molar-refractivity contribution in [2.75, 3.05) is 11.9 Å². The number of benzene rings is 1. The molecule has 0 bridgehead atoms. The molecule has 0 saturated heterocycles. The molecule has 1 rings (SSSR count). The van der Waals surface area contributed by atoms with Crippen molar-refractivity contribution in [2.24, 2.45) is 5.73 Å². The number of anilines is 1. The zero-order valence-electron chi connectivity index (χ0n) is 9.61. The molecule has 0 saturated carbocycles. The van der Waals surface area contributed by atoms with Gasteiger partial charge in [0.05, 0.1) is 4.92 Å². The molecule has 0 aliphatic carbocycles. The summed E-state index contributed by atoms with van der Waals surface area (Å²) in [6.07, 6.45) is -1.44. The molecule has 0 radical (unpaired) electrons. The van der Waals surface area contributed by atoms with E-state index in [-0.39, 0.29) is 11.4 Å². The van der Waals surface area contributed by atoms with Gasteiger partial charge >= 0.3 is 5.97 Å². The van der Waals surface area contributed by atoms with Gasteiger partial charge in [-0.15, -0.1) is 0 Å². The van der Waals surface area contributed by atoms with Crippen LogP contribution in [-0.2, 0) is 14.3 Å². The molecule has 1 amide bonds. The van der Waals surface area contributed by atoms with Crippen LogP contribution in [0.2, 0.25) is 0 Å². The highest BCUT2D eigenvalue weighted by Crippen LogP contribution is 2.15. The van der Waals surface area contributed by atoms with Gasteiger partial charge < -0.3 is 15.2 Å². The van der Waals surface area contributed by atoms with Crippen molar-refractivity contribution in [3.8, 4) is 0 Å². The van der Waals surface area contributed by atoms with Crippen molar-refractivity contribution in [3.05, 3.63) is 34.4 Å². The first kappa shape index (κ1) is 14.5. The number of nitrogens with two attached hydrogens (primary N) is 1. The number of hydrogen-bond donors (Lipinski definition) is 3. The third-order valence-electron chi connectivity index (χ3n) is 1.99. The monoisotopic (exact) mass is 269 g/mol. The molecular formula is C10H11N3O6. The van der Waals surface area contributed by atoms with E-state index in [0.29, 0.717) is 0 Å². The van der Waals surface area contributed by atoms with Crippen LogP contribution in [-0.4, -0.2) is 34.7 Å². The summed E-state index contributed by atoms with van der Waals surface area (Å²) in [5, 5.41) is 21.1. The second-order valence-electron chi connectivity index (χ2n) is 3.42. The van der Waals surface area contributed by atoms with Crippen LogP contribution in [0.25, 0.3) is 0 Å². The first-order valence-corrected chi connectivity index (χ1v) is 5.04. The van der Waals surface area contributed by atoms with E-state index in [2.05, 4.69) is 10.1 Å². The number of nitro groups is 1. The van der Waals surface area contributed by atoms with Gasteiger partial charge in [0.1, 0.15) is 6.61 Å². The molecule has 102 valence electrons. The van der Waals surface area contributed by atoms with Crippen molar-refractivity contribution in [2.45, 2.75) is 6.23 Å². The topological polar surface area (TPSA) is 145 Å². The minimum atomic E-state index is -1.44. The Morgan fingerprint density at radius 2 is 2.00 bits per heavy atom. The largest absolute Gasteiger partial charge is 0.480 e. The second-order valence-corrected chi connectivity index (χ2v) is 3.42. The number of carboxylic acids is 1. The Labute approximate surface area is 107 Å². The number of ether oxygens (including phenoxy) is 1. The van der Waals surface area contributed by atoms with Crippen LogP contribution in [0.1, 0.15) is 0 Å². The number of aliphatic carboxylic acids is 1. The predicted octanol–water partition coefficient (Wildman–Crippen LogP) is -0.0807. The lowest BCUT2D eigenvalue weighted by molar-refractivity contribution is -0.384. The molecule has 19 heavy (non-hydrogen) atoms. The van der Waals surface area contributed by atoms with E-state index in [9.17, 15) is 19.7 Å². The minimum Gasteiger partial charge on any atom is -0.480 e. The summed E-state index contributed by atoms with van der Waals surface area (Å²) >= 11 is 0. The number of nitrogens with one attached hydrogen (secondary N) is 1. The van der Waals surface area contributed by atoms with Crippen molar-refractivity contribution in [1.29, 1.82) is 0 Å². The zero-order chi connectivity index (χ0) is 14.4. The molecule has 0 spiro atoms. The normalized spacial score (nSPS) is 11.6. The highest BCUT2D eigenvalue weighted by molar-refractivity contribution is 5.93. The maximum Gasteiger partial charge on any atom is 0.329 e. The molecule has 1 aromatic rings. The lowest BCUT2D eigenvalue weighted by atomic mass is 10.3. The fourth-order valence-corrected chi connectivity index (χ4v) is 1.12. The number of rotatable bonds is 6. The van der Waals surface area contributed by atoms with Crippen LogP contribution in [0.3, 0.4) is 0 Å². The van der Waals surface area contributed by atoms with Crippen LogP contribution < -0.4 is 11.1 Å². The van der Waals surface area contributed by atoms with Gasteiger partial charge in [0.2, 0.25) is 0 Å². The van der Waals surface area contributed by atoms with E-state index >= 15 is 0 Å². The first-order valence-electron chi connectivity index (χ1n) is 5.04. The Bertz CT molecular complexity index is 487. The summed E-state index contributed by atoms with van der Waals surface area (Å²) in [6, 6.07) is 5.05. The van der Waals surface area contributed by atoms with Crippen molar-refractivity contribution >= 4 is 23.3 Å². The van der Waals surface area contributed by atoms with E-state index in [4.69, 9.17) is 10.8 Å². The number of non-ortho nitro benzene ring substituents is 1.